The average Bonchev–Trinajstić information content (AvgIpc) is 2.60. The number of carbonyl (C=O) groups excluding carboxylic acids is 1. The number of amides is 1. The number of unbranched alkanes of at least 4 members (excludes halogenated alkanes) is 2. The highest BCUT2D eigenvalue weighted by molar-refractivity contribution is 5.84. The van der Waals surface area contributed by atoms with E-state index in [9.17, 15) is 9.59 Å². The Morgan fingerprint density at radius 2 is 2.24 bits per heavy atom. The molecule has 0 saturated carbocycles. The van der Waals surface area contributed by atoms with Gasteiger partial charge < -0.3 is 10.0 Å². The lowest BCUT2D eigenvalue weighted by molar-refractivity contribution is -0.144. The van der Waals surface area contributed by atoms with Gasteiger partial charge in [-0.05, 0) is 18.8 Å². The molecule has 4 nitrogen and oxygen atoms in total. The molecule has 17 heavy (non-hydrogen) atoms. The minimum absolute atomic E-state index is 0.0383. The van der Waals surface area contributed by atoms with E-state index in [1.54, 1.807) is 0 Å². The van der Waals surface area contributed by atoms with Crippen LogP contribution in [0.15, 0.2) is 0 Å². The molecule has 0 bridgehead atoms. The first-order valence-electron chi connectivity index (χ1n) is 6.56. The Hall–Kier alpha value is -1.06. The standard InChI is InChI=1S/C13H23NO3/c1-3-4-5-6-10(2)11-7-8-14(13(11)17)9-12(15)16/h10-11H,3-9H2,1-2H3,(H,15,16). The number of likely N-dealkylation sites (tertiary alicyclic amines) is 1. The monoisotopic (exact) mass is 241 g/mol. The molecule has 1 rings (SSSR count). The molecular formula is C13H23NO3. The van der Waals surface area contributed by atoms with E-state index in [1.807, 2.05) is 0 Å². The molecule has 1 saturated heterocycles. The Labute approximate surface area is 103 Å². The summed E-state index contributed by atoms with van der Waals surface area (Å²) in [5, 5.41) is 8.70. The number of aliphatic carboxylic acids is 1. The number of carboxylic acid groups (broad SMARTS) is 1. The van der Waals surface area contributed by atoms with Crippen LogP contribution < -0.4 is 0 Å². The van der Waals surface area contributed by atoms with Crippen molar-refractivity contribution in [1.29, 1.82) is 0 Å². The summed E-state index contributed by atoms with van der Waals surface area (Å²) in [6, 6.07) is 0. The Kier molecular flexibility index (Phi) is 5.45. The summed E-state index contributed by atoms with van der Waals surface area (Å²) < 4.78 is 0. The number of carboxylic acids is 1. The van der Waals surface area contributed by atoms with Gasteiger partial charge >= 0.3 is 5.97 Å². The normalized spacial score (nSPS) is 21.9. The van der Waals surface area contributed by atoms with Crippen molar-refractivity contribution in [3.8, 4) is 0 Å². The summed E-state index contributed by atoms with van der Waals surface area (Å²) in [6.45, 7) is 4.74. The van der Waals surface area contributed by atoms with E-state index in [2.05, 4.69) is 13.8 Å². The van der Waals surface area contributed by atoms with E-state index in [1.165, 1.54) is 24.2 Å². The first-order valence-corrected chi connectivity index (χ1v) is 6.56. The highest BCUT2D eigenvalue weighted by Gasteiger charge is 2.35. The van der Waals surface area contributed by atoms with E-state index in [0.717, 1.165) is 12.8 Å². The van der Waals surface area contributed by atoms with Crippen LogP contribution >= 0.6 is 0 Å². The van der Waals surface area contributed by atoms with E-state index in [4.69, 9.17) is 5.11 Å². The van der Waals surface area contributed by atoms with E-state index in [-0.39, 0.29) is 18.4 Å². The highest BCUT2D eigenvalue weighted by atomic mass is 16.4. The van der Waals surface area contributed by atoms with Crippen molar-refractivity contribution >= 4 is 11.9 Å². The van der Waals surface area contributed by atoms with E-state index < -0.39 is 5.97 Å². The molecule has 98 valence electrons. The molecule has 1 heterocycles. The third kappa shape index (κ3) is 4.02. The quantitative estimate of drug-likeness (QED) is 0.695. The predicted molar refractivity (Wildman–Crippen MR) is 65.6 cm³/mol. The lowest BCUT2D eigenvalue weighted by Gasteiger charge is -2.18. The Bertz CT molecular complexity index is 278. The largest absolute Gasteiger partial charge is 0.480 e. The van der Waals surface area contributed by atoms with Crippen LogP contribution in [0.2, 0.25) is 0 Å². The molecule has 4 heteroatoms. The van der Waals surface area contributed by atoms with Gasteiger partial charge in [-0.1, -0.05) is 33.1 Å². The molecule has 1 aliphatic rings. The molecule has 1 N–H and O–H groups in total. The van der Waals surface area contributed by atoms with Crippen molar-refractivity contribution in [2.45, 2.75) is 46.0 Å². The molecule has 2 unspecified atom stereocenters. The van der Waals surface area contributed by atoms with Crippen LogP contribution in [0.4, 0.5) is 0 Å². The van der Waals surface area contributed by atoms with Crippen LogP contribution in [-0.2, 0) is 9.59 Å². The molecule has 1 aliphatic heterocycles. The van der Waals surface area contributed by atoms with Crippen LogP contribution in [0.25, 0.3) is 0 Å². The van der Waals surface area contributed by atoms with Crippen LogP contribution in [0, 0.1) is 11.8 Å². The third-order valence-electron chi connectivity index (χ3n) is 3.61. The molecule has 0 aromatic carbocycles. The molecule has 1 amide bonds. The average molecular weight is 241 g/mol. The summed E-state index contributed by atoms with van der Waals surface area (Å²) >= 11 is 0. The van der Waals surface area contributed by atoms with Crippen LogP contribution in [0.5, 0.6) is 0 Å². The molecular weight excluding hydrogens is 218 g/mol. The third-order valence-corrected chi connectivity index (χ3v) is 3.61. The van der Waals surface area contributed by atoms with Gasteiger partial charge in [0.2, 0.25) is 5.91 Å². The minimum atomic E-state index is -0.919. The summed E-state index contributed by atoms with van der Waals surface area (Å²) in [5.74, 6) is -0.451. The first kappa shape index (κ1) is 14.0. The second kappa shape index (κ2) is 6.62. The molecule has 0 radical (unpaired) electrons. The molecule has 0 aliphatic carbocycles. The summed E-state index contributed by atoms with van der Waals surface area (Å²) in [4.78, 5) is 24.0. The molecule has 0 aromatic rings. The summed E-state index contributed by atoms with van der Waals surface area (Å²) in [5.41, 5.74) is 0. The maximum absolute atomic E-state index is 12.0. The van der Waals surface area contributed by atoms with Gasteiger partial charge in [0.05, 0.1) is 0 Å². The van der Waals surface area contributed by atoms with Gasteiger partial charge in [0.25, 0.3) is 0 Å². The van der Waals surface area contributed by atoms with Crippen molar-refractivity contribution in [3.05, 3.63) is 0 Å². The smallest absolute Gasteiger partial charge is 0.323 e. The zero-order valence-corrected chi connectivity index (χ0v) is 10.8. The Morgan fingerprint density at radius 3 is 2.82 bits per heavy atom. The molecule has 1 fully saturated rings. The predicted octanol–water partition coefficient (Wildman–Crippen LogP) is 2.14. The molecule has 2 atom stereocenters. The Morgan fingerprint density at radius 1 is 1.53 bits per heavy atom. The second-order valence-corrected chi connectivity index (χ2v) is 5.02. The lowest BCUT2D eigenvalue weighted by atomic mass is 9.88. The van der Waals surface area contributed by atoms with Gasteiger partial charge in [-0.15, -0.1) is 0 Å². The van der Waals surface area contributed by atoms with Crippen molar-refractivity contribution in [2.24, 2.45) is 11.8 Å². The molecule has 0 aromatic heterocycles. The zero-order chi connectivity index (χ0) is 12.8. The maximum Gasteiger partial charge on any atom is 0.323 e. The minimum Gasteiger partial charge on any atom is -0.480 e. The first-order chi connectivity index (χ1) is 8.06. The summed E-state index contributed by atoms with van der Waals surface area (Å²) in [6.07, 6.45) is 5.46. The van der Waals surface area contributed by atoms with Gasteiger partial charge in [0.15, 0.2) is 0 Å². The Balaban J connectivity index is 2.40. The van der Waals surface area contributed by atoms with Gasteiger partial charge in [-0.3, -0.25) is 9.59 Å². The SMILES string of the molecule is CCCCCC(C)C1CCN(CC(=O)O)C1=O. The summed E-state index contributed by atoms with van der Waals surface area (Å²) in [7, 11) is 0. The van der Waals surface area contributed by atoms with Gasteiger partial charge in [-0.2, -0.15) is 0 Å². The number of hydrogen-bond acceptors (Lipinski definition) is 2. The van der Waals surface area contributed by atoms with Gasteiger partial charge in [0.1, 0.15) is 6.54 Å². The fourth-order valence-electron chi connectivity index (χ4n) is 2.53. The highest BCUT2D eigenvalue weighted by Crippen LogP contribution is 2.28. The van der Waals surface area contributed by atoms with E-state index in [0.29, 0.717) is 12.5 Å². The van der Waals surface area contributed by atoms with Crippen LogP contribution in [-0.4, -0.2) is 35.0 Å². The number of hydrogen-bond donors (Lipinski definition) is 1. The van der Waals surface area contributed by atoms with E-state index >= 15 is 0 Å². The van der Waals surface area contributed by atoms with Crippen molar-refractivity contribution in [1.82, 2.24) is 4.90 Å². The number of rotatable bonds is 7. The second-order valence-electron chi connectivity index (χ2n) is 5.02. The number of nitrogens with zero attached hydrogens (tertiary/aromatic N) is 1. The fourth-order valence-corrected chi connectivity index (χ4v) is 2.53. The zero-order valence-electron chi connectivity index (χ0n) is 10.8. The molecule has 0 spiro atoms. The fraction of sp³-hybridized carbons (Fsp3) is 0.846. The van der Waals surface area contributed by atoms with Crippen molar-refractivity contribution in [2.75, 3.05) is 13.1 Å². The maximum atomic E-state index is 12.0. The lowest BCUT2D eigenvalue weighted by Crippen LogP contribution is -2.33. The topological polar surface area (TPSA) is 57.6 Å². The number of carbonyl (C=O) groups is 2. The van der Waals surface area contributed by atoms with Gasteiger partial charge in [-0.25, -0.2) is 0 Å². The van der Waals surface area contributed by atoms with Crippen LogP contribution in [0.1, 0.15) is 46.0 Å². The van der Waals surface area contributed by atoms with Crippen molar-refractivity contribution in [3.63, 3.8) is 0 Å². The van der Waals surface area contributed by atoms with Crippen molar-refractivity contribution < 1.29 is 14.7 Å². The van der Waals surface area contributed by atoms with Gasteiger partial charge in [0, 0.05) is 12.5 Å². The van der Waals surface area contributed by atoms with Crippen LogP contribution in [0.3, 0.4) is 0 Å².